The highest BCUT2D eigenvalue weighted by Gasteiger charge is 2.20. The molecule has 1 aliphatic rings. The van der Waals surface area contributed by atoms with Crippen LogP contribution in [0.3, 0.4) is 0 Å². The van der Waals surface area contributed by atoms with E-state index >= 15 is 0 Å². The van der Waals surface area contributed by atoms with Crippen molar-refractivity contribution in [1.82, 2.24) is 9.80 Å². The zero-order valence-corrected chi connectivity index (χ0v) is 15.9. The lowest BCUT2D eigenvalue weighted by Crippen LogP contribution is -2.47. The van der Waals surface area contributed by atoms with E-state index in [0.717, 1.165) is 19.6 Å². The van der Waals surface area contributed by atoms with Gasteiger partial charge in [-0.1, -0.05) is 42.5 Å². The van der Waals surface area contributed by atoms with Crippen molar-refractivity contribution in [2.75, 3.05) is 26.2 Å². The fourth-order valence-corrected chi connectivity index (χ4v) is 3.59. The second-order valence-corrected chi connectivity index (χ2v) is 7.01. The molecule has 0 N–H and O–H groups in total. The van der Waals surface area contributed by atoms with Gasteiger partial charge < -0.3 is 9.32 Å². The molecule has 1 saturated heterocycles. The second-order valence-electron chi connectivity index (χ2n) is 7.01. The molecule has 1 aromatic heterocycles. The van der Waals surface area contributed by atoms with Gasteiger partial charge in [-0.05, 0) is 28.5 Å². The molecule has 1 fully saturated rings. The summed E-state index contributed by atoms with van der Waals surface area (Å²) >= 11 is 0. The molecule has 2 aromatic carbocycles. The first kappa shape index (κ1) is 18.9. The highest BCUT2D eigenvalue weighted by molar-refractivity contribution is 5.91. The minimum absolute atomic E-state index is 0.117. The first-order valence-corrected chi connectivity index (χ1v) is 9.50. The van der Waals surface area contributed by atoms with Gasteiger partial charge in [-0.15, -0.1) is 0 Å². The summed E-state index contributed by atoms with van der Waals surface area (Å²) in [6, 6.07) is 17.5. The maximum atomic E-state index is 12.4. The zero-order valence-electron chi connectivity index (χ0n) is 15.9. The van der Waals surface area contributed by atoms with E-state index in [0.29, 0.717) is 18.8 Å². The fraction of sp³-hybridized carbons (Fsp3) is 0.227. The number of carbonyl (C=O) groups is 1. The molecule has 0 bridgehead atoms. The van der Waals surface area contributed by atoms with Gasteiger partial charge in [0.2, 0.25) is 5.91 Å². The number of furan rings is 1. The summed E-state index contributed by atoms with van der Waals surface area (Å²) in [6.45, 7) is 3.75. The first-order valence-electron chi connectivity index (χ1n) is 9.50. The normalized spacial score (nSPS) is 15.2. The fourth-order valence-electron chi connectivity index (χ4n) is 3.59. The summed E-state index contributed by atoms with van der Waals surface area (Å²) in [5, 5.41) is 13.1. The highest BCUT2D eigenvalue weighted by Crippen LogP contribution is 2.21. The first-order chi connectivity index (χ1) is 14.1. The molecule has 29 heavy (non-hydrogen) atoms. The molecule has 0 atom stereocenters. The molecular formula is C22H21N3O4. The number of carbonyl (C=O) groups excluding carboxylic acids is 1. The molecule has 2 heterocycles. The van der Waals surface area contributed by atoms with Crippen LogP contribution in [-0.2, 0) is 11.3 Å². The smallest absolute Gasteiger partial charge is 0.401 e. The van der Waals surface area contributed by atoms with Crippen LogP contribution in [0.5, 0.6) is 0 Å². The van der Waals surface area contributed by atoms with E-state index in [1.807, 2.05) is 6.07 Å². The van der Waals surface area contributed by atoms with E-state index in [-0.39, 0.29) is 11.8 Å². The quantitative estimate of drug-likeness (QED) is 0.376. The SMILES string of the molecule is O=C(/C=C/c1ccc([N+](=O)[O-])o1)N1CCN(Cc2cccc3ccccc23)CC1. The van der Waals surface area contributed by atoms with Crippen LogP contribution in [0.1, 0.15) is 11.3 Å². The molecule has 0 aliphatic carbocycles. The Morgan fingerprint density at radius 1 is 1.03 bits per heavy atom. The monoisotopic (exact) mass is 391 g/mol. The molecule has 4 rings (SSSR count). The highest BCUT2D eigenvalue weighted by atomic mass is 16.6. The van der Waals surface area contributed by atoms with E-state index in [4.69, 9.17) is 4.42 Å². The number of nitrogens with zero attached hydrogens (tertiary/aromatic N) is 3. The summed E-state index contributed by atoms with van der Waals surface area (Å²) in [7, 11) is 0. The van der Waals surface area contributed by atoms with Crippen molar-refractivity contribution in [1.29, 1.82) is 0 Å². The van der Waals surface area contributed by atoms with Gasteiger partial charge in [0, 0.05) is 38.8 Å². The van der Waals surface area contributed by atoms with Crippen LogP contribution < -0.4 is 0 Å². The Kier molecular flexibility index (Phi) is 5.39. The number of fused-ring (bicyclic) bond motifs is 1. The number of benzene rings is 2. The number of nitro groups is 1. The Labute approximate surface area is 168 Å². The average molecular weight is 391 g/mol. The van der Waals surface area contributed by atoms with Gasteiger partial charge in [-0.25, -0.2) is 0 Å². The topological polar surface area (TPSA) is 79.8 Å². The number of amides is 1. The van der Waals surface area contributed by atoms with Gasteiger partial charge in [0.05, 0.1) is 6.07 Å². The van der Waals surface area contributed by atoms with Crippen molar-refractivity contribution in [3.8, 4) is 0 Å². The van der Waals surface area contributed by atoms with Crippen LogP contribution in [0.25, 0.3) is 16.8 Å². The largest absolute Gasteiger partial charge is 0.433 e. The van der Waals surface area contributed by atoms with Crippen molar-refractivity contribution >= 4 is 28.6 Å². The van der Waals surface area contributed by atoms with E-state index in [9.17, 15) is 14.9 Å². The predicted molar refractivity (Wildman–Crippen MR) is 110 cm³/mol. The molecule has 0 saturated carbocycles. The summed E-state index contributed by atoms with van der Waals surface area (Å²) in [6.07, 6.45) is 2.88. The maximum absolute atomic E-state index is 12.4. The van der Waals surface area contributed by atoms with Gasteiger partial charge in [0.25, 0.3) is 0 Å². The van der Waals surface area contributed by atoms with Crippen molar-refractivity contribution < 1.29 is 14.1 Å². The standard InChI is InChI=1S/C22H21N3O4/c26-21(10-8-19-9-11-22(29-19)25(27)28)24-14-12-23(13-15-24)16-18-6-3-5-17-4-1-2-7-20(17)18/h1-11H,12-16H2/b10-8+. The number of hydrogen-bond acceptors (Lipinski definition) is 5. The average Bonchev–Trinajstić information content (AvgIpc) is 3.22. The molecule has 7 heteroatoms. The minimum Gasteiger partial charge on any atom is -0.401 e. The number of rotatable bonds is 5. The van der Waals surface area contributed by atoms with Crippen LogP contribution in [0.4, 0.5) is 5.88 Å². The molecule has 0 unspecified atom stereocenters. The molecule has 7 nitrogen and oxygen atoms in total. The van der Waals surface area contributed by atoms with Gasteiger partial charge in [0.15, 0.2) is 0 Å². The lowest BCUT2D eigenvalue weighted by molar-refractivity contribution is -0.402. The van der Waals surface area contributed by atoms with Crippen molar-refractivity contribution in [2.45, 2.75) is 6.54 Å². The van der Waals surface area contributed by atoms with Gasteiger partial charge in [-0.3, -0.25) is 19.8 Å². The molecule has 148 valence electrons. The summed E-state index contributed by atoms with van der Waals surface area (Å²) in [5.41, 5.74) is 1.29. The van der Waals surface area contributed by atoms with Gasteiger partial charge in [-0.2, -0.15) is 0 Å². The maximum Gasteiger partial charge on any atom is 0.433 e. The van der Waals surface area contributed by atoms with Crippen LogP contribution in [-0.4, -0.2) is 46.8 Å². The van der Waals surface area contributed by atoms with Crippen LogP contribution in [0.2, 0.25) is 0 Å². The van der Waals surface area contributed by atoms with E-state index in [2.05, 4.69) is 41.3 Å². The Bertz CT molecular complexity index is 1060. The van der Waals surface area contributed by atoms with Crippen molar-refractivity contribution in [3.63, 3.8) is 0 Å². The third kappa shape index (κ3) is 4.35. The van der Waals surface area contributed by atoms with Crippen molar-refractivity contribution in [3.05, 3.63) is 82.1 Å². The Balaban J connectivity index is 1.33. The summed E-state index contributed by atoms with van der Waals surface area (Å²) in [4.78, 5) is 26.6. The third-order valence-corrected chi connectivity index (χ3v) is 5.14. The molecular weight excluding hydrogens is 370 g/mol. The Morgan fingerprint density at radius 3 is 2.55 bits per heavy atom. The number of piperazine rings is 1. The van der Waals surface area contributed by atoms with Gasteiger partial charge in [0.1, 0.15) is 10.7 Å². The van der Waals surface area contributed by atoms with Crippen LogP contribution in [0.15, 0.2) is 65.1 Å². The van der Waals surface area contributed by atoms with Crippen molar-refractivity contribution in [2.24, 2.45) is 0 Å². The van der Waals surface area contributed by atoms with E-state index < -0.39 is 4.92 Å². The molecule has 1 amide bonds. The Morgan fingerprint density at radius 2 is 1.79 bits per heavy atom. The van der Waals surface area contributed by atoms with Crippen LogP contribution >= 0.6 is 0 Å². The van der Waals surface area contributed by atoms with E-state index in [1.54, 1.807) is 4.90 Å². The molecule has 3 aromatic rings. The summed E-state index contributed by atoms with van der Waals surface area (Å²) < 4.78 is 5.04. The minimum atomic E-state index is -0.603. The molecule has 1 aliphatic heterocycles. The lowest BCUT2D eigenvalue weighted by Gasteiger charge is -2.34. The molecule has 0 radical (unpaired) electrons. The number of hydrogen-bond donors (Lipinski definition) is 0. The third-order valence-electron chi connectivity index (χ3n) is 5.14. The summed E-state index contributed by atoms with van der Waals surface area (Å²) in [5.74, 6) is -0.160. The van der Waals surface area contributed by atoms with Gasteiger partial charge >= 0.3 is 5.88 Å². The predicted octanol–water partition coefficient (Wildman–Crippen LogP) is 3.70. The lowest BCUT2D eigenvalue weighted by atomic mass is 10.0. The molecule has 0 spiro atoms. The Hall–Kier alpha value is -3.45. The second kappa shape index (κ2) is 8.28. The zero-order chi connectivity index (χ0) is 20.2. The van der Waals surface area contributed by atoms with E-state index in [1.165, 1.54) is 40.6 Å². The van der Waals surface area contributed by atoms with Crippen LogP contribution in [0, 0.1) is 10.1 Å².